The fourth-order valence-electron chi connectivity index (χ4n) is 1.27. The van der Waals surface area contributed by atoms with E-state index >= 15 is 0 Å². The average Bonchev–Trinajstić information content (AvgIpc) is 2.42. The van der Waals surface area contributed by atoms with Gasteiger partial charge in [-0.05, 0) is 24.3 Å². The zero-order chi connectivity index (χ0) is 13.2. The number of ether oxygens (including phenoxy) is 1. The maximum Gasteiger partial charge on any atom is 0.325 e. The highest BCUT2D eigenvalue weighted by molar-refractivity contribution is 7.99. The van der Waals surface area contributed by atoms with Crippen molar-refractivity contribution in [3.05, 3.63) is 30.3 Å². The molecule has 0 fully saturated rings. The molecule has 0 aliphatic carbocycles. The van der Waals surface area contributed by atoms with E-state index < -0.39 is 5.97 Å². The molecule has 0 radical (unpaired) electrons. The third-order valence-electron chi connectivity index (χ3n) is 2.22. The molecule has 0 spiro atoms. The minimum absolute atomic E-state index is 0.0544. The molecular weight excluding hydrogens is 250 g/mol. The predicted molar refractivity (Wildman–Crippen MR) is 71.4 cm³/mol. The normalized spacial score (nSPS) is 9.83. The first-order valence-corrected chi connectivity index (χ1v) is 6.72. The number of carbonyl (C=O) groups excluding carboxylic acids is 2. The highest BCUT2D eigenvalue weighted by Gasteiger charge is 2.04. The third-order valence-corrected chi connectivity index (χ3v) is 3.32. The summed E-state index contributed by atoms with van der Waals surface area (Å²) in [5, 5.41) is 2.51. The van der Waals surface area contributed by atoms with Gasteiger partial charge in [-0.3, -0.25) is 9.59 Å². The Hall–Kier alpha value is -1.49. The van der Waals surface area contributed by atoms with Crippen LogP contribution >= 0.6 is 11.8 Å². The Morgan fingerprint density at radius 2 is 2.00 bits per heavy atom. The molecule has 0 aliphatic rings. The van der Waals surface area contributed by atoms with Crippen molar-refractivity contribution in [2.24, 2.45) is 0 Å². The number of rotatable bonds is 7. The van der Waals surface area contributed by atoms with E-state index in [1.54, 1.807) is 11.8 Å². The first kappa shape index (κ1) is 14.6. The molecule has 18 heavy (non-hydrogen) atoms. The van der Waals surface area contributed by atoms with Crippen molar-refractivity contribution in [2.75, 3.05) is 19.4 Å². The molecule has 0 aromatic heterocycles. The molecule has 1 aromatic rings. The number of esters is 1. The van der Waals surface area contributed by atoms with Crippen molar-refractivity contribution in [3.8, 4) is 0 Å². The number of benzene rings is 1. The SMILES string of the molecule is COC(=O)CNC(=O)CCCSc1ccccc1. The average molecular weight is 267 g/mol. The zero-order valence-electron chi connectivity index (χ0n) is 10.3. The van der Waals surface area contributed by atoms with Gasteiger partial charge in [-0.2, -0.15) is 0 Å². The smallest absolute Gasteiger partial charge is 0.325 e. The summed E-state index contributed by atoms with van der Waals surface area (Å²) >= 11 is 1.72. The lowest BCUT2D eigenvalue weighted by Crippen LogP contribution is -2.29. The number of nitrogens with one attached hydrogen (secondary N) is 1. The molecule has 0 atom stereocenters. The number of amides is 1. The largest absolute Gasteiger partial charge is 0.468 e. The Morgan fingerprint density at radius 1 is 1.28 bits per heavy atom. The first-order valence-electron chi connectivity index (χ1n) is 5.73. The summed E-state index contributed by atoms with van der Waals surface area (Å²) in [6.07, 6.45) is 1.21. The van der Waals surface area contributed by atoms with Crippen molar-refractivity contribution < 1.29 is 14.3 Å². The van der Waals surface area contributed by atoms with Crippen LogP contribution < -0.4 is 5.32 Å². The zero-order valence-corrected chi connectivity index (χ0v) is 11.2. The first-order chi connectivity index (χ1) is 8.72. The lowest BCUT2D eigenvalue weighted by molar-refractivity contribution is -0.141. The Kier molecular flexibility index (Phi) is 6.94. The number of methoxy groups -OCH3 is 1. The van der Waals surface area contributed by atoms with Crippen LogP contribution in [-0.4, -0.2) is 31.3 Å². The van der Waals surface area contributed by atoms with E-state index in [0.717, 1.165) is 12.2 Å². The maximum atomic E-state index is 11.3. The summed E-state index contributed by atoms with van der Waals surface area (Å²) in [6, 6.07) is 10.0. The van der Waals surface area contributed by atoms with Gasteiger partial charge in [-0.25, -0.2) is 0 Å². The van der Waals surface area contributed by atoms with Crippen molar-refractivity contribution in [3.63, 3.8) is 0 Å². The highest BCUT2D eigenvalue weighted by Crippen LogP contribution is 2.18. The van der Waals surface area contributed by atoms with Gasteiger partial charge in [0, 0.05) is 11.3 Å². The van der Waals surface area contributed by atoms with Gasteiger partial charge in [-0.1, -0.05) is 18.2 Å². The van der Waals surface area contributed by atoms with Gasteiger partial charge in [0.05, 0.1) is 7.11 Å². The van der Waals surface area contributed by atoms with Gasteiger partial charge < -0.3 is 10.1 Å². The summed E-state index contributed by atoms with van der Waals surface area (Å²) in [5.41, 5.74) is 0. The van der Waals surface area contributed by atoms with Crippen LogP contribution in [0.4, 0.5) is 0 Å². The number of hydrogen-bond acceptors (Lipinski definition) is 4. The van der Waals surface area contributed by atoms with E-state index in [1.807, 2.05) is 30.3 Å². The Bertz CT molecular complexity index is 381. The van der Waals surface area contributed by atoms with E-state index in [0.29, 0.717) is 6.42 Å². The van der Waals surface area contributed by atoms with Crippen molar-refractivity contribution >= 4 is 23.6 Å². The predicted octanol–water partition coefficient (Wildman–Crippen LogP) is 1.85. The Balaban J connectivity index is 2.07. The minimum atomic E-state index is -0.429. The Labute approximate surface area is 111 Å². The van der Waals surface area contributed by atoms with Crippen LogP contribution in [0.2, 0.25) is 0 Å². The molecule has 4 nitrogen and oxygen atoms in total. The summed E-state index contributed by atoms with van der Waals surface area (Å²) in [5.74, 6) is 0.339. The van der Waals surface area contributed by atoms with Crippen LogP contribution in [0.5, 0.6) is 0 Å². The van der Waals surface area contributed by atoms with Crippen LogP contribution in [-0.2, 0) is 14.3 Å². The van der Waals surface area contributed by atoms with Gasteiger partial charge in [0.25, 0.3) is 0 Å². The number of hydrogen-bond donors (Lipinski definition) is 1. The molecule has 5 heteroatoms. The highest BCUT2D eigenvalue weighted by atomic mass is 32.2. The van der Waals surface area contributed by atoms with E-state index in [4.69, 9.17) is 0 Å². The quantitative estimate of drug-likeness (QED) is 0.465. The van der Waals surface area contributed by atoms with Gasteiger partial charge in [0.2, 0.25) is 5.91 Å². The molecule has 1 amide bonds. The molecule has 0 unspecified atom stereocenters. The second kappa shape index (κ2) is 8.58. The monoisotopic (exact) mass is 267 g/mol. The van der Waals surface area contributed by atoms with Crippen molar-refractivity contribution in [1.82, 2.24) is 5.32 Å². The molecule has 1 rings (SSSR count). The molecule has 0 bridgehead atoms. The summed E-state index contributed by atoms with van der Waals surface area (Å²) in [4.78, 5) is 23.3. The summed E-state index contributed by atoms with van der Waals surface area (Å²) in [7, 11) is 1.30. The summed E-state index contributed by atoms with van der Waals surface area (Å²) < 4.78 is 4.43. The fraction of sp³-hybridized carbons (Fsp3) is 0.385. The lowest BCUT2D eigenvalue weighted by atomic mass is 10.3. The molecule has 0 heterocycles. The standard InChI is InChI=1S/C13H17NO3S/c1-17-13(16)10-14-12(15)8-5-9-18-11-6-3-2-4-7-11/h2-4,6-7H,5,8-10H2,1H3,(H,14,15). The molecule has 0 aliphatic heterocycles. The molecule has 0 saturated carbocycles. The molecule has 98 valence electrons. The second-order valence-electron chi connectivity index (χ2n) is 3.62. The van der Waals surface area contributed by atoms with Crippen LogP contribution in [0.25, 0.3) is 0 Å². The van der Waals surface area contributed by atoms with Gasteiger partial charge >= 0.3 is 5.97 Å². The molecule has 1 N–H and O–H groups in total. The van der Waals surface area contributed by atoms with Crippen molar-refractivity contribution in [1.29, 1.82) is 0 Å². The number of thioether (sulfide) groups is 1. The van der Waals surface area contributed by atoms with Crippen LogP contribution in [0.15, 0.2) is 35.2 Å². The van der Waals surface area contributed by atoms with E-state index in [-0.39, 0.29) is 12.5 Å². The topological polar surface area (TPSA) is 55.4 Å². The van der Waals surface area contributed by atoms with Gasteiger partial charge in [-0.15, -0.1) is 11.8 Å². The van der Waals surface area contributed by atoms with Gasteiger partial charge in [0.15, 0.2) is 0 Å². The molecular formula is C13H17NO3S. The van der Waals surface area contributed by atoms with Crippen LogP contribution in [0.3, 0.4) is 0 Å². The van der Waals surface area contributed by atoms with E-state index in [9.17, 15) is 9.59 Å². The Morgan fingerprint density at radius 3 is 2.67 bits per heavy atom. The lowest BCUT2D eigenvalue weighted by Gasteiger charge is -2.04. The minimum Gasteiger partial charge on any atom is -0.468 e. The van der Waals surface area contributed by atoms with Gasteiger partial charge in [0.1, 0.15) is 6.54 Å². The maximum absolute atomic E-state index is 11.3. The molecule has 1 aromatic carbocycles. The van der Waals surface area contributed by atoms with Crippen LogP contribution in [0, 0.1) is 0 Å². The summed E-state index contributed by atoms with van der Waals surface area (Å²) in [6.45, 7) is -0.0544. The number of carbonyl (C=O) groups is 2. The molecule has 0 saturated heterocycles. The van der Waals surface area contributed by atoms with E-state index in [1.165, 1.54) is 12.0 Å². The van der Waals surface area contributed by atoms with Crippen LogP contribution in [0.1, 0.15) is 12.8 Å². The second-order valence-corrected chi connectivity index (χ2v) is 4.79. The third kappa shape index (κ3) is 6.30. The fourth-order valence-corrected chi connectivity index (χ4v) is 2.14. The van der Waals surface area contributed by atoms with E-state index in [2.05, 4.69) is 10.1 Å². The van der Waals surface area contributed by atoms with Crippen molar-refractivity contribution in [2.45, 2.75) is 17.7 Å².